The van der Waals surface area contributed by atoms with E-state index in [-0.39, 0.29) is 35.2 Å². The molecular weight excluding hydrogens is 430 g/mol. The molecule has 1 aliphatic carbocycles. The van der Waals surface area contributed by atoms with Crippen molar-refractivity contribution >= 4 is 27.5 Å². The van der Waals surface area contributed by atoms with Crippen LogP contribution in [0.2, 0.25) is 0 Å². The summed E-state index contributed by atoms with van der Waals surface area (Å²) in [4.78, 5) is 24.9. The van der Waals surface area contributed by atoms with Gasteiger partial charge in [0.05, 0.1) is 16.5 Å². The zero-order chi connectivity index (χ0) is 22.9. The Hall–Kier alpha value is -2.13. The van der Waals surface area contributed by atoms with E-state index in [0.29, 0.717) is 36.4 Å². The molecule has 9 heteroatoms. The largest absolute Gasteiger partial charge is 0.479 e. The van der Waals surface area contributed by atoms with Crippen molar-refractivity contribution < 1.29 is 22.7 Å². The van der Waals surface area contributed by atoms with E-state index in [1.54, 1.807) is 19.9 Å². The number of carbonyl (C=O) groups is 2. The van der Waals surface area contributed by atoms with Gasteiger partial charge in [-0.3, -0.25) is 9.59 Å². The first-order chi connectivity index (χ1) is 15.3. The van der Waals surface area contributed by atoms with Crippen LogP contribution < -0.4 is 15.4 Å². The zero-order valence-electron chi connectivity index (χ0n) is 18.9. The highest BCUT2D eigenvalue weighted by Gasteiger charge is 2.36. The summed E-state index contributed by atoms with van der Waals surface area (Å²) in [5, 5.41) is 5.93. The zero-order valence-corrected chi connectivity index (χ0v) is 19.7. The van der Waals surface area contributed by atoms with Gasteiger partial charge in [0.1, 0.15) is 5.75 Å². The molecule has 3 aliphatic rings. The van der Waals surface area contributed by atoms with E-state index >= 15 is 0 Å². The third-order valence-corrected chi connectivity index (χ3v) is 8.79. The number of fused-ring (bicyclic) bond motifs is 1. The Labute approximate surface area is 190 Å². The van der Waals surface area contributed by atoms with E-state index in [9.17, 15) is 18.0 Å². The van der Waals surface area contributed by atoms with Gasteiger partial charge in [-0.2, -0.15) is 4.31 Å². The summed E-state index contributed by atoms with van der Waals surface area (Å²) < 4.78 is 34.0. The van der Waals surface area contributed by atoms with Crippen LogP contribution >= 0.6 is 0 Å². The van der Waals surface area contributed by atoms with Crippen LogP contribution in [0.25, 0.3) is 0 Å². The molecule has 0 bridgehead atoms. The van der Waals surface area contributed by atoms with Crippen molar-refractivity contribution in [2.75, 3.05) is 18.4 Å². The topological polar surface area (TPSA) is 105 Å². The van der Waals surface area contributed by atoms with Crippen LogP contribution in [0, 0.1) is 12.8 Å². The molecule has 2 N–H and O–H groups in total. The summed E-state index contributed by atoms with van der Waals surface area (Å²) in [7, 11) is -3.80. The van der Waals surface area contributed by atoms with Crippen LogP contribution in [-0.4, -0.2) is 49.8 Å². The van der Waals surface area contributed by atoms with Crippen LogP contribution in [0.4, 0.5) is 5.69 Å². The molecule has 1 saturated heterocycles. The fraction of sp³-hybridized carbons (Fsp3) is 0.652. The number of nitrogens with one attached hydrogen (secondary N) is 2. The Bertz CT molecular complexity index is 986. The lowest BCUT2D eigenvalue weighted by Gasteiger charge is -2.33. The maximum Gasteiger partial charge on any atom is 0.265 e. The third-order valence-electron chi connectivity index (χ3n) is 6.78. The number of amides is 2. The number of ether oxygens (including phenoxy) is 1. The van der Waals surface area contributed by atoms with Crippen molar-refractivity contribution in [3.05, 3.63) is 17.7 Å². The number of rotatable bonds is 4. The van der Waals surface area contributed by atoms with E-state index in [0.717, 1.165) is 25.7 Å². The number of carbonyl (C=O) groups excluding carboxylic acids is 2. The second kappa shape index (κ2) is 9.39. The molecule has 0 aromatic heterocycles. The molecule has 2 aliphatic heterocycles. The fourth-order valence-electron chi connectivity index (χ4n) is 4.88. The smallest absolute Gasteiger partial charge is 0.265 e. The van der Waals surface area contributed by atoms with Gasteiger partial charge in [0.2, 0.25) is 15.9 Å². The summed E-state index contributed by atoms with van der Waals surface area (Å²) >= 11 is 0. The number of anilines is 1. The summed E-state index contributed by atoms with van der Waals surface area (Å²) in [6.45, 7) is 3.90. The van der Waals surface area contributed by atoms with Crippen LogP contribution in [0.15, 0.2) is 17.0 Å². The molecule has 2 fully saturated rings. The average molecular weight is 464 g/mol. The number of hydrogen-bond acceptors (Lipinski definition) is 5. The van der Waals surface area contributed by atoms with E-state index in [1.807, 2.05) is 0 Å². The molecule has 32 heavy (non-hydrogen) atoms. The van der Waals surface area contributed by atoms with Crippen molar-refractivity contribution in [3.63, 3.8) is 0 Å². The monoisotopic (exact) mass is 463 g/mol. The average Bonchev–Trinajstić information content (AvgIpc) is 3.03. The lowest BCUT2D eigenvalue weighted by molar-refractivity contribution is -0.127. The fourth-order valence-corrected chi connectivity index (χ4v) is 6.62. The van der Waals surface area contributed by atoms with E-state index in [1.165, 1.54) is 23.2 Å². The molecule has 2 heterocycles. The minimum atomic E-state index is -3.80. The number of nitrogens with zero attached hydrogens (tertiary/aromatic N) is 1. The molecule has 0 unspecified atom stereocenters. The SMILES string of the molecule is Cc1cc2c(cc1S(=O)(=O)N1CCC[C@H](C(=O)NC3CCCCCC3)C1)O[C@H](C)C(=O)N2. The number of piperidine rings is 1. The first-order valence-electron chi connectivity index (χ1n) is 11.7. The second-order valence-electron chi connectivity index (χ2n) is 9.26. The molecule has 1 saturated carbocycles. The number of aryl methyl sites for hydroxylation is 1. The van der Waals surface area contributed by atoms with Crippen LogP contribution in [0.3, 0.4) is 0 Å². The summed E-state index contributed by atoms with van der Waals surface area (Å²) in [6.07, 6.45) is 7.36. The van der Waals surface area contributed by atoms with Crippen LogP contribution in [-0.2, 0) is 19.6 Å². The lowest BCUT2D eigenvalue weighted by Crippen LogP contribution is -2.47. The summed E-state index contributed by atoms with van der Waals surface area (Å²) in [6, 6.07) is 3.33. The normalized spacial score (nSPS) is 25.2. The van der Waals surface area contributed by atoms with Gasteiger partial charge in [-0.25, -0.2) is 8.42 Å². The maximum atomic E-state index is 13.5. The molecule has 2 amide bonds. The number of hydrogen-bond donors (Lipinski definition) is 2. The molecule has 8 nitrogen and oxygen atoms in total. The van der Waals surface area contributed by atoms with Gasteiger partial charge in [0, 0.05) is 25.2 Å². The highest BCUT2D eigenvalue weighted by molar-refractivity contribution is 7.89. The molecule has 1 aromatic rings. The quantitative estimate of drug-likeness (QED) is 0.668. The van der Waals surface area contributed by atoms with Gasteiger partial charge in [-0.15, -0.1) is 0 Å². The molecule has 2 atom stereocenters. The van der Waals surface area contributed by atoms with Gasteiger partial charge in [-0.1, -0.05) is 25.7 Å². The minimum Gasteiger partial charge on any atom is -0.479 e. The van der Waals surface area contributed by atoms with Gasteiger partial charge < -0.3 is 15.4 Å². The van der Waals surface area contributed by atoms with E-state index < -0.39 is 16.1 Å². The predicted molar refractivity (Wildman–Crippen MR) is 121 cm³/mol. The van der Waals surface area contributed by atoms with Gasteiger partial charge in [0.15, 0.2) is 6.10 Å². The molecule has 0 radical (unpaired) electrons. The minimum absolute atomic E-state index is 0.0289. The number of sulfonamides is 1. The van der Waals surface area contributed by atoms with Gasteiger partial charge >= 0.3 is 0 Å². The third kappa shape index (κ3) is 4.78. The van der Waals surface area contributed by atoms with Crippen molar-refractivity contribution in [1.82, 2.24) is 9.62 Å². The second-order valence-corrected chi connectivity index (χ2v) is 11.2. The number of benzene rings is 1. The predicted octanol–water partition coefficient (Wildman–Crippen LogP) is 2.95. The highest BCUT2D eigenvalue weighted by atomic mass is 32.2. The van der Waals surface area contributed by atoms with Crippen LogP contribution in [0.1, 0.15) is 63.9 Å². The van der Waals surface area contributed by atoms with Crippen molar-refractivity contribution in [2.45, 2.75) is 82.3 Å². The van der Waals surface area contributed by atoms with E-state index in [2.05, 4.69) is 10.6 Å². The van der Waals surface area contributed by atoms with Gasteiger partial charge in [-0.05, 0) is 51.2 Å². The Balaban J connectivity index is 1.49. The Kier molecular flexibility index (Phi) is 6.76. The van der Waals surface area contributed by atoms with Crippen molar-refractivity contribution in [1.29, 1.82) is 0 Å². The maximum absolute atomic E-state index is 13.5. The summed E-state index contributed by atoms with van der Waals surface area (Å²) in [5.41, 5.74) is 1.01. The lowest BCUT2D eigenvalue weighted by atomic mass is 9.97. The van der Waals surface area contributed by atoms with Crippen molar-refractivity contribution in [3.8, 4) is 5.75 Å². The molecule has 1 aromatic carbocycles. The first kappa shape index (κ1) is 23.0. The van der Waals surface area contributed by atoms with Gasteiger partial charge in [0.25, 0.3) is 5.91 Å². The van der Waals surface area contributed by atoms with Crippen molar-refractivity contribution in [2.24, 2.45) is 5.92 Å². The standard InChI is InChI=1S/C23H33N3O5S/c1-15-12-19-20(31-16(2)22(27)25-19)13-21(15)32(29,30)26-11-7-8-17(14-26)23(28)24-18-9-5-3-4-6-10-18/h12-13,16-18H,3-11,14H2,1-2H3,(H,24,28)(H,25,27)/t16-,17+/m1/s1. The summed E-state index contributed by atoms with van der Waals surface area (Å²) in [5.74, 6) is -0.277. The Morgan fingerprint density at radius 1 is 1.12 bits per heavy atom. The molecular formula is C23H33N3O5S. The molecule has 4 rings (SSSR count). The van der Waals surface area contributed by atoms with Crippen LogP contribution in [0.5, 0.6) is 5.75 Å². The molecule has 0 spiro atoms. The molecule has 176 valence electrons. The Morgan fingerprint density at radius 3 is 2.56 bits per heavy atom. The van der Waals surface area contributed by atoms with E-state index in [4.69, 9.17) is 4.74 Å². The highest BCUT2D eigenvalue weighted by Crippen LogP contribution is 2.36. The Morgan fingerprint density at radius 2 is 1.84 bits per heavy atom. The first-order valence-corrected chi connectivity index (χ1v) is 13.1.